The molecular formula is C23H20F2N4O4. The van der Waals surface area contributed by atoms with E-state index in [-0.39, 0.29) is 17.1 Å². The third-order valence-corrected chi connectivity index (χ3v) is 4.90. The zero-order chi connectivity index (χ0) is 23.5. The topological polar surface area (TPSA) is 79.5 Å². The smallest absolute Gasteiger partial charge is 0.261 e. The van der Waals surface area contributed by atoms with Crippen LogP contribution in [0.5, 0.6) is 17.2 Å². The van der Waals surface area contributed by atoms with E-state index >= 15 is 0 Å². The first kappa shape index (κ1) is 21.9. The summed E-state index contributed by atoms with van der Waals surface area (Å²) in [4.78, 5) is 13.2. The fourth-order valence-corrected chi connectivity index (χ4v) is 3.41. The van der Waals surface area contributed by atoms with Crippen molar-refractivity contribution in [3.05, 3.63) is 78.3 Å². The lowest BCUT2D eigenvalue weighted by Crippen LogP contribution is -2.16. The second-order valence-corrected chi connectivity index (χ2v) is 6.85. The number of aromatic nitrogens is 3. The van der Waals surface area contributed by atoms with E-state index in [1.54, 1.807) is 41.2 Å². The Kier molecular flexibility index (Phi) is 5.99. The van der Waals surface area contributed by atoms with E-state index in [1.807, 2.05) is 0 Å². The molecule has 170 valence electrons. The molecule has 0 saturated heterocycles. The van der Waals surface area contributed by atoms with Crippen molar-refractivity contribution in [2.24, 2.45) is 0 Å². The Hall–Kier alpha value is -4.34. The summed E-state index contributed by atoms with van der Waals surface area (Å²) in [6.07, 6.45) is 4.68. The maximum Gasteiger partial charge on any atom is 0.261 e. The summed E-state index contributed by atoms with van der Waals surface area (Å²) in [5.41, 5.74) is 0.532. The first-order valence-corrected chi connectivity index (χ1v) is 9.75. The van der Waals surface area contributed by atoms with Crippen molar-refractivity contribution >= 4 is 11.6 Å². The minimum Gasteiger partial charge on any atom is -0.493 e. The number of ether oxygens (including phenoxy) is 3. The van der Waals surface area contributed by atoms with E-state index in [1.165, 1.54) is 38.3 Å². The van der Waals surface area contributed by atoms with Gasteiger partial charge in [0.1, 0.15) is 17.1 Å². The Labute approximate surface area is 187 Å². The molecular weight excluding hydrogens is 434 g/mol. The molecule has 1 N–H and O–H groups in total. The number of nitrogens with zero attached hydrogens (tertiary/aromatic N) is 3. The van der Waals surface area contributed by atoms with Crippen LogP contribution in [0.15, 0.2) is 61.1 Å². The third-order valence-electron chi connectivity index (χ3n) is 4.90. The van der Waals surface area contributed by atoms with Crippen LogP contribution >= 0.6 is 0 Å². The number of methoxy groups -OCH3 is 3. The van der Waals surface area contributed by atoms with E-state index in [9.17, 15) is 13.6 Å². The van der Waals surface area contributed by atoms with Gasteiger partial charge in [-0.25, -0.2) is 13.5 Å². The normalized spacial score (nSPS) is 10.7. The third kappa shape index (κ3) is 4.10. The molecule has 33 heavy (non-hydrogen) atoms. The number of carbonyl (C=O) groups excluding carboxylic acids is 1. The standard InChI is InChI=1S/C23H20F2N4O4/c1-31-19-11-15(12-20(32-2)21(19)33-3)27-22(30)16-13-26-29(23(16)28-8-4-5-9-28)18-7-6-14(24)10-17(18)25/h4-13H,1-3H3,(H,27,30). The SMILES string of the molecule is COc1cc(NC(=O)c2cnn(-c3ccc(F)cc3F)c2-n2cccc2)cc(OC)c1OC. The lowest BCUT2D eigenvalue weighted by atomic mass is 10.2. The average molecular weight is 454 g/mol. The number of anilines is 1. The summed E-state index contributed by atoms with van der Waals surface area (Å²) < 4.78 is 46.7. The van der Waals surface area contributed by atoms with Crippen LogP contribution in [0.4, 0.5) is 14.5 Å². The zero-order valence-corrected chi connectivity index (χ0v) is 18.0. The lowest BCUT2D eigenvalue weighted by Gasteiger charge is -2.15. The van der Waals surface area contributed by atoms with E-state index in [4.69, 9.17) is 14.2 Å². The number of nitrogens with one attached hydrogen (secondary N) is 1. The number of carbonyl (C=O) groups is 1. The van der Waals surface area contributed by atoms with Gasteiger partial charge in [-0.3, -0.25) is 4.79 Å². The van der Waals surface area contributed by atoms with E-state index < -0.39 is 17.5 Å². The molecule has 0 unspecified atom stereocenters. The first-order valence-electron chi connectivity index (χ1n) is 9.75. The molecule has 10 heteroatoms. The van der Waals surface area contributed by atoms with Crippen LogP contribution in [-0.4, -0.2) is 41.6 Å². The average Bonchev–Trinajstić information content (AvgIpc) is 3.48. The summed E-state index contributed by atoms with van der Waals surface area (Å²) in [6, 6.07) is 9.79. The summed E-state index contributed by atoms with van der Waals surface area (Å²) in [5, 5.41) is 6.97. The second-order valence-electron chi connectivity index (χ2n) is 6.85. The molecule has 0 aliphatic rings. The minimum atomic E-state index is -0.817. The molecule has 4 aromatic rings. The monoisotopic (exact) mass is 454 g/mol. The Bertz CT molecular complexity index is 1280. The fraction of sp³-hybridized carbons (Fsp3) is 0.130. The Morgan fingerprint density at radius 1 is 0.970 bits per heavy atom. The predicted molar refractivity (Wildman–Crippen MR) is 117 cm³/mol. The first-order chi connectivity index (χ1) is 16.0. The van der Waals surface area contributed by atoms with Gasteiger partial charge >= 0.3 is 0 Å². The molecule has 0 radical (unpaired) electrons. The molecule has 0 atom stereocenters. The van der Waals surface area contributed by atoms with Crippen LogP contribution in [-0.2, 0) is 0 Å². The Morgan fingerprint density at radius 3 is 2.21 bits per heavy atom. The molecule has 0 bridgehead atoms. The van der Waals surface area contributed by atoms with Crippen LogP contribution in [0.3, 0.4) is 0 Å². The van der Waals surface area contributed by atoms with Gasteiger partial charge < -0.3 is 24.1 Å². The van der Waals surface area contributed by atoms with Crippen LogP contribution in [0, 0.1) is 11.6 Å². The number of hydrogen-bond acceptors (Lipinski definition) is 5. The molecule has 0 aliphatic heterocycles. The quantitative estimate of drug-likeness (QED) is 0.452. The van der Waals surface area contributed by atoms with Gasteiger partial charge in [-0.1, -0.05) is 0 Å². The minimum absolute atomic E-state index is 0.00747. The predicted octanol–water partition coefficient (Wildman–Crippen LogP) is 4.22. The molecule has 2 heterocycles. The van der Waals surface area contributed by atoms with Crippen molar-refractivity contribution in [2.75, 3.05) is 26.6 Å². The summed E-state index contributed by atoms with van der Waals surface area (Å²) in [7, 11) is 4.41. The maximum atomic E-state index is 14.5. The number of rotatable bonds is 7. The van der Waals surface area contributed by atoms with Gasteiger partial charge in [0.25, 0.3) is 5.91 Å². The van der Waals surface area contributed by atoms with E-state index in [0.29, 0.717) is 22.9 Å². The molecule has 0 spiro atoms. The second kappa shape index (κ2) is 9.03. The van der Waals surface area contributed by atoms with Gasteiger partial charge in [0, 0.05) is 36.3 Å². The van der Waals surface area contributed by atoms with Crippen LogP contribution in [0.25, 0.3) is 11.5 Å². The van der Waals surface area contributed by atoms with Crippen molar-refractivity contribution < 1.29 is 27.8 Å². The largest absolute Gasteiger partial charge is 0.493 e. The van der Waals surface area contributed by atoms with Crippen molar-refractivity contribution in [1.29, 1.82) is 0 Å². The Balaban J connectivity index is 1.77. The zero-order valence-electron chi connectivity index (χ0n) is 18.0. The lowest BCUT2D eigenvalue weighted by molar-refractivity contribution is 0.102. The van der Waals surface area contributed by atoms with Gasteiger partial charge in [0.15, 0.2) is 23.1 Å². The molecule has 1 amide bonds. The number of benzene rings is 2. The van der Waals surface area contributed by atoms with Gasteiger partial charge in [-0.15, -0.1) is 0 Å². The van der Waals surface area contributed by atoms with Gasteiger partial charge in [-0.05, 0) is 24.3 Å². The fourth-order valence-electron chi connectivity index (χ4n) is 3.41. The van der Waals surface area contributed by atoms with Gasteiger partial charge in [0.2, 0.25) is 5.75 Å². The summed E-state index contributed by atoms with van der Waals surface area (Å²) in [5.74, 6) is -0.666. The highest BCUT2D eigenvalue weighted by molar-refractivity contribution is 6.06. The van der Waals surface area contributed by atoms with Crippen molar-refractivity contribution in [3.8, 4) is 28.8 Å². The van der Waals surface area contributed by atoms with E-state index in [2.05, 4.69) is 10.4 Å². The van der Waals surface area contributed by atoms with Crippen LogP contribution in [0.1, 0.15) is 10.4 Å². The molecule has 8 nitrogen and oxygen atoms in total. The Morgan fingerprint density at radius 2 is 1.64 bits per heavy atom. The molecule has 0 saturated carbocycles. The molecule has 4 rings (SSSR count). The van der Waals surface area contributed by atoms with Crippen molar-refractivity contribution in [3.63, 3.8) is 0 Å². The molecule has 0 aliphatic carbocycles. The van der Waals surface area contributed by atoms with Crippen molar-refractivity contribution in [1.82, 2.24) is 14.3 Å². The molecule has 2 aromatic carbocycles. The highest BCUT2D eigenvalue weighted by Crippen LogP contribution is 2.40. The van der Waals surface area contributed by atoms with E-state index in [0.717, 1.165) is 12.1 Å². The summed E-state index contributed by atoms with van der Waals surface area (Å²) >= 11 is 0. The van der Waals surface area contributed by atoms with Crippen molar-refractivity contribution in [2.45, 2.75) is 0 Å². The van der Waals surface area contributed by atoms with Gasteiger partial charge in [0.05, 0.1) is 27.5 Å². The summed E-state index contributed by atoms with van der Waals surface area (Å²) in [6.45, 7) is 0. The number of halogens is 2. The highest BCUT2D eigenvalue weighted by atomic mass is 19.1. The van der Waals surface area contributed by atoms with Crippen LogP contribution < -0.4 is 19.5 Å². The highest BCUT2D eigenvalue weighted by Gasteiger charge is 2.23. The molecule has 0 fully saturated rings. The molecule has 2 aromatic heterocycles. The number of hydrogen-bond donors (Lipinski definition) is 1. The van der Waals surface area contributed by atoms with Gasteiger partial charge in [-0.2, -0.15) is 5.10 Å². The number of amides is 1. The maximum absolute atomic E-state index is 14.5. The van der Waals surface area contributed by atoms with Crippen LogP contribution in [0.2, 0.25) is 0 Å².